The van der Waals surface area contributed by atoms with Crippen LogP contribution in [0.15, 0.2) is 0 Å². The summed E-state index contributed by atoms with van der Waals surface area (Å²) in [4.78, 5) is 17.2. The van der Waals surface area contributed by atoms with Crippen LogP contribution >= 0.6 is 0 Å². The summed E-state index contributed by atoms with van der Waals surface area (Å²) < 4.78 is 0. The number of carbonyl (C=O) groups excluding carboxylic acids is 1. The van der Waals surface area contributed by atoms with Gasteiger partial charge in [-0.05, 0) is 32.4 Å². The van der Waals surface area contributed by atoms with Crippen molar-refractivity contribution in [2.75, 3.05) is 19.6 Å². The number of hydrogen-bond acceptors (Lipinski definition) is 3. The van der Waals surface area contributed by atoms with Crippen molar-refractivity contribution in [3.05, 3.63) is 0 Å². The van der Waals surface area contributed by atoms with Gasteiger partial charge in [0, 0.05) is 12.6 Å². The van der Waals surface area contributed by atoms with Crippen LogP contribution in [-0.2, 0) is 4.79 Å². The maximum absolute atomic E-state index is 12.7. The molecule has 0 aromatic rings. The van der Waals surface area contributed by atoms with E-state index < -0.39 is 0 Å². The van der Waals surface area contributed by atoms with Crippen LogP contribution < -0.4 is 5.32 Å². The zero-order valence-electron chi connectivity index (χ0n) is 14.1. The van der Waals surface area contributed by atoms with Crippen LogP contribution in [0.3, 0.4) is 0 Å². The monoisotopic (exact) mass is 283 g/mol. The van der Waals surface area contributed by atoms with E-state index in [1.165, 1.54) is 0 Å². The van der Waals surface area contributed by atoms with Gasteiger partial charge < -0.3 is 9.80 Å². The summed E-state index contributed by atoms with van der Waals surface area (Å²) in [7, 11) is 0. The Balaban J connectivity index is 2.79. The third kappa shape index (κ3) is 3.95. The molecule has 0 aromatic carbocycles. The highest BCUT2D eigenvalue weighted by Gasteiger charge is 2.41. The lowest BCUT2D eigenvalue weighted by Crippen LogP contribution is -2.48. The predicted octanol–water partition coefficient (Wildman–Crippen LogP) is 2.30. The number of likely N-dealkylation sites (N-methyl/N-ethyl adjacent to an activating group) is 1. The van der Waals surface area contributed by atoms with Gasteiger partial charge in [-0.1, -0.05) is 41.0 Å². The third-order valence-corrected chi connectivity index (χ3v) is 4.35. The van der Waals surface area contributed by atoms with Crippen molar-refractivity contribution >= 4 is 5.91 Å². The molecule has 4 heteroatoms. The van der Waals surface area contributed by atoms with Gasteiger partial charge in [0.25, 0.3) is 0 Å². The van der Waals surface area contributed by atoms with Crippen molar-refractivity contribution in [1.29, 1.82) is 0 Å². The van der Waals surface area contributed by atoms with E-state index in [-0.39, 0.29) is 24.2 Å². The molecule has 1 amide bonds. The summed E-state index contributed by atoms with van der Waals surface area (Å²) in [5.74, 6) is 0.644. The van der Waals surface area contributed by atoms with Crippen LogP contribution in [0.25, 0.3) is 0 Å². The van der Waals surface area contributed by atoms with Crippen LogP contribution in [0.5, 0.6) is 0 Å². The predicted molar refractivity (Wildman–Crippen MR) is 84.6 cm³/mol. The highest BCUT2D eigenvalue weighted by atomic mass is 16.2. The minimum atomic E-state index is -0.00861. The first-order valence-electron chi connectivity index (χ1n) is 8.26. The Morgan fingerprint density at radius 3 is 2.25 bits per heavy atom. The van der Waals surface area contributed by atoms with Crippen LogP contribution in [-0.4, -0.2) is 53.6 Å². The molecule has 118 valence electrons. The second kappa shape index (κ2) is 7.99. The molecule has 1 N–H and O–H groups in total. The highest BCUT2D eigenvalue weighted by molar-refractivity contribution is 5.84. The molecule has 1 rings (SSSR count). The fourth-order valence-electron chi connectivity index (χ4n) is 3.11. The second-order valence-electron chi connectivity index (χ2n) is 6.27. The van der Waals surface area contributed by atoms with E-state index in [4.69, 9.17) is 0 Å². The summed E-state index contributed by atoms with van der Waals surface area (Å²) in [6.07, 6.45) is 2.35. The topological polar surface area (TPSA) is 35.6 Å². The summed E-state index contributed by atoms with van der Waals surface area (Å²) >= 11 is 0. The normalized spacial score (nSPS) is 25.0. The largest absolute Gasteiger partial charge is 0.322 e. The number of carbonyl (C=O) groups is 1. The van der Waals surface area contributed by atoms with Crippen LogP contribution in [0, 0.1) is 5.92 Å². The molecule has 1 fully saturated rings. The summed E-state index contributed by atoms with van der Waals surface area (Å²) in [5.41, 5.74) is 0. The molecular formula is C16H33N3O. The number of nitrogens with one attached hydrogen (secondary N) is 1. The molecule has 0 radical (unpaired) electrons. The Morgan fingerprint density at radius 2 is 1.80 bits per heavy atom. The van der Waals surface area contributed by atoms with Gasteiger partial charge in [-0.3, -0.25) is 10.1 Å². The minimum Gasteiger partial charge on any atom is -0.322 e. The van der Waals surface area contributed by atoms with Crippen LogP contribution in [0.1, 0.15) is 54.4 Å². The van der Waals surface area contributed by atoms with Gasteiger partial charge in [-0.25, -0.2) is 0 Å². The van der Waals surface area contributed by atoms with Crippen molar-refractivity contribution < 1.29 is 4.79 Å². The van der Waals surface area contributed by atoms with Crippen molar-refractivity contribution in [2.45, 2.75) is 72.6 Å². The molecule has 1 heterocycles. The van der Waals surface area contributed by atoms with Crippen molar-refractivity contribution in [3.63, 3.8) is 0 Å². The van der Waals surface area contributed by atoms with E-state index in [0.717, 1.165) is 32.5 Å². The SMILES string of the molecule is CCCC1NC(C(C)C)C(=O)N1C(C)CN(CC)CC. The lowest BCUT2D eigenvalue weighted by atomic mass is 10.0. The standard InChI is InChI=1S/C16H33N3O/c1-7-10-14-17-15(12(4)5)16(20)19(14)13(6)11-18(8-2)9-3/h12-15,17H,7-11H2,1-6H3. The van der Waals surface area contributed by atoms with Gasteiger partial charge >= 0.3 is 0 Å². The fourth-order valence-corrected chi connectivity index (χ4v) is 3.11. The van der Waals surface area contributed by atoms with E-state index in [1.807, 2.05) is 0 Å². The van der Waals surface area contributed by atoms with E-state index in [2.05, 4.69) is 56.7 Å². The lowest BCUT2D eigenvalue weighted by molar-refractivity contribution is -0.133. The first-order chi connectivity index (χ1) is 9.46. The van der Waals surface area contributed by atoms with Crippen molar-refractivity contribution in [3.8, 4) is 0 Å². The first kappa shape index (κ1) is 17.4. The van der Waals surface area contributed by atoms with E-state index in [9.17, 15) is 4.79 Å². The minimum absolute atomic E-state index is 0.00861. The molecule has 0 saturated carbocycles. The van der Waals surface area contributed by atoms with Gasteiger partial charge in [0.2, 0.25) is 5.91 Å². The molecule has 0 aliphatic carbocycles. The molecule has 0 spiro atoms. The van der Waals surface area contributed by atoms with E-state index in [1.54, 1.807) is 0 Å². The Morgan fingerprint density at radius 1 is 1.20 bits per heavy atom. The Kier molecular flexibility index (Phi) is 6.96. The van der Waals surface area contributed by atoms with Gasteiger partial charge in [0.15, 0.2) is 0 Å². The summed E-state index contributed by atoms with van der Waals surface area (Å²) in [6, 6.07) is 0.265. The number of nitrogens with zero attached hydrogens (tertiary/aromatic N) is 2. The van der Waals surface area contributed by atoms with Gasteiger partial charge in [-0.2, -0.15) is 0 Å². The molecule has 1 aliphatic heterocycles. The molecule has 3 unspecified atom stereocenters. The van der Waals surface area contributed by atoms with E-state index >= 15 is 0 Å². The molecule has 0 aromatic heterocycles. The van der Waals surface area contributed by atoms with Crippen LogP contribution in [0.4, 0.5) is 0 Å². The van der Waals surface area contributed by atoms with Crippen LogP contribution in [0.2, 0.25) is 0 Å². The number of rotatable bonds is 8. The van der Waals surface area contributed by atoms with E-state index in [0.29, 0.717) is 5.92 Å². The Labute approximate surface area is 124 Å². The zero-order chi connectivity index (χ0) is 15.3. The molecule has 1 saturated heterocycles. The second-order valence-corrected chi connectivity index (χ2v) is 6.27. The zero-order valence-corrected chi connectivity index (χ0v) is 14.1. The Hall–Kier alpha value is -0.610. The summed E-state index contributed by atoms with van der Waals surface area (Å²) in [5, 5.41) is 3.54. The highest BCUT2D eigenvalue weighted by Crippen LogP contribution is 2.22. The molecule has 0 bridgehead atoms. The maximum atomic E-state index is 12.7. The average Bonchev–Trinajstić information content (AvgIpc) is 2.73. The van der Waals surface area contributed by atoms with Gasteiger partial charge in [0.1, 0.15) is 0 Å². The smallest absolute Gasteiger partial charge is 0.241 e. The van der Waals surface area contributed by atoms with Crippen molar-refractivity contribution in [2.24, 2.45) is 5.92 Å². The van der Waals surface area contributed by atoms with Gasteiger partial charge in [-0.15, -0.1) is 0 Å². The fraction of sp³-hybridized carbons (Fsp3) is 0.938. The van der Waals surface area contributed by atoms with Gasteiger partial charge in [0.05, 0.1) is 12.2 Å². The number of hydrogen-bond donors (Lipinski definition) is 1. The lowest BCUT2D eigenvalue weighted by Gasteiger charge is -2.33. The quantitative estimate of drug-likeness (QED) is 0.742. The summed E-state index contributed by atoms with van der Waals surface area (Å²) in [6.45, 7) is 16.0. The molecule has 3 atom stereocenters. The molecule has 1 aliphatic rings. The Bertz CT molecular complexity index is 302. The van der Waals surface area contributed by atoms with Crippen molar-refractivity contribution in [1.82, 2.24) is 15.1 Å². The molecule has 20 heavy (non-hydrogen) atoms. The average molecular weight is 283 g/mol. The first-order valence-corrected chi connectivity index (χ1v) is 8.26. The maximum Gasteiger partial charge on any atom is 0.241 e. The number of amides is 1. The molecular weight excluding hydrogens is 250 g/mol. The third-order valence-electron chi connectivity index (χ3n) is 4.35. The molecule has 4 nitrogen and oxygen atoms in total.